The van der Waals surface area contributed by atoms with E-state index in [-0.39, 0.29) is 0 Å². The summed E-state index contributed by atoms with van der Waals surface area (Å²) in [5, 5.41) is 13.9. The van der Waals surface area contributed by atoms with Gasteiger partial charge in [0.05, 0.1) is 12.7 Å². The summed E-state index contributed by atoms with van der Waals surface area (Å²) >= 11 is 0. The van der Waals surface area contributed by atoms with Crippen LogP contribution >= 0.6 is 0 Å². The van der Waals surface area contributed by atoms with Gasteiger partial charge in [0.1, 0.15) is 5.75 Å². The highest BCUT2D eigenvalue weighted by Gasteiger charge is 2.16. The SMILES string of the molecule is CCCOc1ccc(C)cc1C(O)CCN1CCNCC1. The fraction of sp³-hybridized carbons (Fsp3) is 0.647. The van der Waals surface area contributed by atoms with Crippen LogP contribution in [-0.2, 0) is 0 Å². The van der Waals surface area contributed by atoms with Crippen LogP contribution in [0, 0.1) is 6.92 Å². The Morgan fingerprint density at radius 1 is 1.33 bits per heavy atom. The van der Waals surface area contributed by atoms with Gasteiger partial charge in [-0.25, -0.2) is 0 Å². The van der Waals surface area contributed by atoms with Crippen molar-refractivity contribution in [1.29, 1.82) is 0 Å². The molecule has 1 aliphatic heterocycles. The van der Waals surface area contributed by atoms with Crippen molar-refractivity contribution in [3.8, 4) is 5.75 Å². The van der Waals surface area contributed by atoms with Crippen molar-refractivity contribution in [1.82, 2.24) is 10.2 Å². The summed E-state index contributed by atoms with van der Waals surface area (Å²) in [6, 6.07) is 6.07. The quantitative estimate of drug-likeness (QED) is 0.808. The van der Waals surface area contributed by atoms with Crippen molar-refractivity contribution in [2.24, 2.45) is 0 Å². The summed E-state index contributed by atoms with van der Waals surface area (Å²) < 4.78 is 5.77. The monoisotopic (exact) mass is 292 g/mol. The van der Waals surface area contributed by atoms with E-state index in [1.54, 1.807) is 0 Å². The molecule has 0 spiro atoms. The van der Waals surface area contributed by atoms with E-state index >= 15 is 0 Å². The molecule has 21 heavy (non-hydrogen) atoms. The number of benzene rings is 1. The lowest BCUT2D eigenvalue weighted by molar-refractivity contribution is 0.133. The molecule has 1 aliphatic rings. The number of nitrogens with one attached hydrogen (secondary N) is 1. The Hall–Kier alpha value is -1.10. The zero-order valence-corrected chi connectivity index (χ0v) is 13.3. The standard InChI is InChI=1S/C17H28N2O2/c1-3-12-21-17-5-4-14(2)13-15(17)16(20)6-9-19-10-7-18-8-11-19/h4-5,13,16,18,20H,3,6-12H2,1-2H3. The molecule has 118 valence electrons. The van der Waals surface area contributed by atoms with Gasteiger partial charge in [0.2, 0.25) is 0 Å². The van der Waals surface area contributed by atoms with E-state index in [0.29, 0.717) is 6.61 Å². The molecule has 4 nitrogen and oxygen atoms in total. The lowest BCUT2D eigenvalue weighted by atomic mass is 10.0. The number of aliphatic hydroxyl groups is 1. The average Bonchev–Trinajstić information content (AvgIpc) is 2.52. The number of hydrogen-bond acceptors (Lipinski definition) is 4. The van der Waals surface area contributed by atoms with Crippen LogP contribution in [0.1, 0.15) is 37.0 Å². The van der Waals surface area contributed by atoms with Crippen molar-refractivity contribution >= 4 is 0 Å². The minimum Gasteiger partial charge on any atom is -0.493 e. The molecule has 0 radical (unpaired) electrons. The molecular weight excluding hydrogens is 264 g/mol. The zero-order valence-electron chi connectivity index (χ0n) is 13.3. The van der Waals surface area contributed by atoms with Crippen LogP contribution in [-0.4, -0.2) is 49.3 Å². The first-order chi connectivity index (χ1) is 10.2. The van der Waals surface area contributed by atoms with Crippen LogP contribution in [0.25, 0.3) is 0 Å². The molecule has 1 aromatic rings. The Labute approximate surface area is 128 Å². The second-order valence-electron chi connectivity index (χ2n) is 5.79. The molecular formula is C17H28N2O2. The zero-order chi connectivity index (χ0) is 15.1. The van der Waals surface area contributed by atoms with Crippen LogP contribution in [0.15, 0.2) is 18.2 Å². The second kappa shape index (κ2) is 8.37. The van der Waals surface area contributed by atoms with E-state index in [2.05, 4.69) is 24.1 Å². The molecule has 2 N–H and O–H groups in total. The third-order valence-electron chi connectivity index (χ3n) is 3.91. The van der Waals surface area contributed by atoms with Gasteiger partial charge in [-0.05, 0) is 31.9 Å². The van der Waals surface area contributed by atoms with Crippen molar-refractivity contribution in [2.45, 2.75) is 32.8 Å². The maximum Gasteiger partial charge on any atom is 0.125 e. The van der Waals surface area contributed by atoms with Crippen LogP contribution in [0.5, 0.6) is 5.75 Å². The minimum atomic E-state index is -0.452. The van der Waals surface area contributed by atoms with E-state index in [9.17, 15) is 5.11 Å². The largest absolute Gasteiger partial charge is 0.493 e. The van der Waals surface area contributed by atoms with Gasteiger partial charge < -0.3 is 20.1 Å². The molecule has 1 fully saturated rings. The van der Waals surface area contributed by atoms with Crippen LogP contribution < -0.4 is 10.1 Å². The molecule has 1 heterocycles. The topological polar surface area (TPSA) is 44.7 Å². The van der Waals surface area contributed by atoms with Crippen molar-refractivity contribution in [3.63, 3.8) is 0 Å². The normalized spacial score (nSPS) is 17.7. The third-order valence-corrected chi connectivity index (χ3v) is 3.91. The summed E-state index contributed by atoms with van der Waals surface area (Å²) in [6.07, 6.45) is 1.28. The first-order valence-electron chi connectivity index (χ1n) is 8.05. The van der Waals surface area contributed by atoms with Crippen molar-refractivity contribution in [3.05, 3.63) is 29.3 Å². The van der Waals surface area contributed by atoms with Crippen LogP contribution in [0.3, 0.4) is 0 Å². The molecule has 2 rings (SSSR count). The van der Waals surface area contributed by atoms with Crippen molar-refractivity contribution < 1.29 is 9.84 Å². The minimum absolute atomic E-state index is 0.452. The average molecular weight is 292 g/mol. The number of hydrogen-bond donors (Lipinski definition) is 2. The van der Waals surface area contributed by atoms with Gasteiger partial charge in [0, 0.05) is 38.3 Å². The van der Waals surface area contributed by atoms with Gasteiger partial charge in [-0.3, -0.25) is 0 Å². The first-order valence-corrected chi connectivity index (χ1v) is 8.05. The smallest absolute Gasteiger partial charge is 0.125 e. The van der Waals surface area contributed by atoms with Gasteiger partial charge >= 0.3 is 0 Å². The molecule has 0 saturated carbocycles. The molecule has 0 amide bonds. The summed E-state index contributed by atoms with van der Waals surface area (Å²) in [5.41, 5.74) is 2.09. The summed E-state index contributed by atoms with van der Waals surface area (Å²) in [4.78, 5) is 2.40. The van der Waals surface area contributed by atoms with E-state index in [1.807, 2.05) is 18.2 Å². The van der Waals surface area contributed by atoms with Crippen LogP contribution in [0.4, 0.5) is 0 Å². The summed E-state index contributed by atoms with van der Waals surface area (Å²) in [7, 11) is 0. The number of aliphatic hydroxyl groups excluding tert-OH is 1. The molecule has 0 aromatic heterocycles. The Kier molecular flexibility index (Phi) is 6.49. The lowest BCUT2D eigenvalue weighted by Crippen LogP contribution is -2.44. The lowest BCUT2D eigenvalue weighted by Gasteiger charge is -2.28. The molecule has 4 heteroatoms. The van der Waals surface area contributed by atoms with E-state index < -0.39 is 6.10 Å². The van der Waals surface area contributed by atoms with E-state index in [0.717, 1.165) is 62.4 Å². The summed E-state index contributed by atoms with van der Waals surface area (Å²) in [6.45, 7) is 10.0. The predicted octanol–water partition coefficient (Wildman–Crippen LogP) is 2.11. The Balaban J connectivity index is 1.95. The number of aryl methyl sites for hydroxylation is 1. The summed E-state index contributed by atoms with van der Waals surface area (Å²) in [5.74, 6) is 0.829. The van der Waals surface area contributed by atoms with Gasteiger partial charge in [-0.2, -0.15) is 0 Å². The third kappa shape index (κ3) is 4.99. The maximum atomic E-state index is 10.5. The van der Waals surface area contributed by atoms with Gasteiger partial charge in [0.25, 0.3) is 0 Å². The second-order valence-corrected chi connectivity index (χ2v) is 5.79. The molecule has 1 atom stereocenters. The van der Waals surface area contributed by atoms with E-state index in [1.165, 1.54) is 0 Å². The fourth-order valence-electron chi connectivity index (χ4n) is 2.67. The number of rotatable bonds is 7. The highest BCUT2D eigenvalue weighted by Crippen LogP contribution is 2.28. The molecule has 1 unspecified atom stereocenters. The Morgan fingerprint density at radius 2 is 2.10 bits per heavy atom. The highest BCUT2D eigenvalue weighted by molar-refractivity contribution is 5.38. The Morgan fingerprint density at radius 3 is 2.81 bits per heavy atom. The molecule has 1 aromatic carbocycles. The molecule has 0 bridgehead atoms. The van der Waals surface area contributed by atoms with Gasteiger partial charge in [-0.15, -0.1) is 0 Å². The first kappa shape index (κ1) is 16.3. The van der Waals surface area contributed by atoms with Crippen molar-refractivity contribution in [2.75, 3.05) is 39.3 Å². The molecule has 0 aliphatic carbocycles. The predicted molar refractivity (Wildman–Crippen MR) is 85.9 cm³/mol. The number of piperazine rings is 1. The molecule has 1 saturated heterocycles. The number of nitrogens with zero attached hydrogens (tertiary/aromatic N) is 1. The Bertz CT molecular complexity index is 431. The van der Waals surface area contributed by atoms with E-state index in [4.69, 9.17) is 4.74 Å². The van der Waals surface area contributed by atoms with Gasteiger partial charge in [0.15, 0.2) is 0 Å². The number of ether oxygens (including phenoxy) is 1. The fourth-order valence-corrected chi connectivity index (χ4v) is 2.67. The maximum absolute atomic E-state index is 10.5. The van der Waals surface area contributed by atoms with Crippen LogP contribution in [0.2, 0.25) is 0 Å². The highest BCUT2D eigenvalue weighted by atomic mass is 16.5. The van der Waals surface area contributed by atoms with Gasteiger partial charge in [-0.1, -0.05) is 18.6 Å².